The van der Waals surface area contributed by atoms with Gasteiger partial charge in [0.2, 0.25) is 5.91 Å². The molecule has 1 amide bonds. The maximum Gasteiger partial charge on any atom is 0.220 e. The van der Waals surface area contributed by atoms with Crippen LogP contribution in [0.2, 0.25) is 0 Å². The molecule has 3 aliphatic carbocycles. The van der Waals surface area contributed by atoms with Crippen LogP contribution in [0.5, 0.6) is 0 Å². The molecular weight excluding hydrogens is 649 g/mol. The van der Waals surface area contributed by atoms with E-state index in [9.17, 15) is 34.7 Å². The first-order valence-corrected chi connectivity index (χ1v) is 21.6. The maximum absolute atomic E-state index is 13.6. The van der Waals surface area contributed by atoms with Gasteiger partial charge in [0.05, 0.1) is 24.9 Å². The zero-order valence-electron chi connectivity index (χ0n) is 32.4. The van der Waals surface area contributed by atoms with Crippen LogP contribution < -0.4 is 5.32 Å². The molecule has 2 bridgehead atoms. The first-order chi connectivity index (χ1) is 24.6. The monoisotopic (exact) mass is 728 g/mol. The van der Waals surface area contributed by atoms with Gasteiger partial charge in [-0.3, -0.25) is 4.79 Å². The molecular formula is C42H78FNO7. The van der Waals surface area contributed by atoms with Gasteiger partial charge < -0.3 is 35.6 Å². The molecule has 4 fully saturated rings. The topological polar surface area (TPSA) is 139 Å². The van der Waals surface area contributed by atoms with E-state index >= 15 is 0 Å². The summed E-state index contributed by atoms with van der Waals surface area (Å²) in [4.78, 5) is 12.7. The van der Waals surface area contributed by atoms with Crippen LogP contribution in [-0.4, -0.2) is 86.4 Å². The number of alkyl halides is 1. The number of aliphatic hydroxyl groups is 5. The van der Waals surface area contributed by atoms with Crippen molar-refractivity contribution in [1.29, 1.82) is 0 Å². The molecule has 0 spiro atoms. The Bertz CT molecular complexity index is 902. The van der Waals surface area contributed by atoms with E-state index in [1.54, 1.807) is 0 Å². The molecule has 7 unspecified atom stereocenters. The fourth-order valence-electron chi connectivity index (χ4n) is 9.17. The van der Waals surface area contributed by atoms with E-state index in [1.165, 1.54) is 122 Å². The predicted octanol–water partition coefficient (Wildman–Crippen LogP) is 8.12. The van der Waals surface area contributed by atoms with Crippen LogP contribution in [0.4, 0.5) is 4.39 Å². The molecule has 300 valence electrons. The summed E-state index contributed by atoms with van der Waals surface area (Å²) < 4.78 is 19.2. The summed E-state index contributed by atoms with van der Waals surface area (Å²) in [7, 11) is 0. The van der Waals surface area contributed by atoms with E-state index < -0.39 is 54.9 Å². The average molecular weight is 728 g/mol. The van der Waals surface area contributed by atoms with Crippen LogP contribution in [0.1, 0.15) is 200 Å². The normalized spacial score (nSPS) is 29.7. The second kappa shape index (κ2) is 24.5. The van der Waals surface area contributed by atoms with Crippen molar-refractivity contribution < 1.29 is 39.5 Å². The molecule has 1 heterocycles. The number of amides is 1. The van der Waals surface area contributed by atoms with Gasteiger partial charge in [0.25, 0.3) is 0 Å². The van der Waals surface area contributed by atoms with Gasteiger partial charge in [-0.05, 0) is 56.8 Å². The van der Waals surface area contributed by atoms with Crippen molar-refractivity contribution in [2.45, 2.75) is 248 Å². The molecule has 7 atom stereocenters. The molecule has 4 aliphatic rings. The first-order valence-electron chi connectivity index (χ1n) is 21.6. The summed E-state index contributed by atoms with van der Waals surface area (Å²) in [5, 5.41) is 53.5. The van der Waals surface area contributed by atoms with E-state index in [-0.39, 0.29) is 12.3 Å². The van der Waals surface area contributed by atoms with Crippen molar-refractivity contribution >= 4 is 5.91 Å². The molecule has 3 saturated carbocycles. The molecule has 1 aliphatic heterocycles. The molecule has 51 heavy (non-hydrogen) atoms. The Kier molecular flexibility index (Phi) is 21.4. The minimum atomic E-state index is -1.42. The van der Waals surface area contributed by atoms with Crippen molar-refractivity contribution in [3.05, 3.63) is 0 Å². The summed E-state index contributed by atoms with van der Waals surface area (Å²) in [5.74, 6) is -0.0869. The van der Waals surface area contributed by atoms with Crippen LogP contribution in [-0.2, 0) is 9.53 Å². The lowest BCUT2D eigenvalue weighted by molar-refractivity contribution is -0.230. The van der Waals surface area contributed by atoms with Crippen molar-refractivity contribution in [3.8, 4) is 0 Å². The molecule has 8 nitrogen and oxygen atoms in total. The highest BCUT2D eigenvalue weighted by atomic mass is 19.1. The fourth-order valence-corrected chi connectivity index (χ4v) is 9.17. The first kappa shape index (κ1) is 44.6. The third-order valence-electron chi connectivity index (χ3n) is 12.3. The number of hydrogen-bond acceptors (Lipinski definition) is 7. The number of hydrogen-bond donors (Lipinski definition) is 6. The Morgan fingerprint density at radius 1 is 0.686 bits per heavy atom. The summed E-state index contributed by atoms with van der Waals surface area (Å²) in [6, 6.07) is -0.493. The molecule has 4 rings (SSSR count). The van der Waals surface area contributed by atoms with Crippen LogP contribution in [0.15, 0.2) is 0 Å². The van der Waals surface area contributed by atoms with E-state index in [4.69, 9.17) is 4.74 Å². The maximum atomic E-state index is 13.6. The van der Waals surface area contributed by atoms with Crippen LogP contribution in [0.25, 0.3) is 0 Å². The highest BCUT2D eigenvalue weighted by Gasteiger charge is 2.68. The van der Waals surface area contributed by atoms with Crippen LogP contribution >= 0.6 is 0 Å². The number of carbonyl (C=O) groups is 1. The Balaban J connectivity index is 1.05. The van der Waals surface area contributed by atoms with Crippen molar-refractivity contribution in [3.63, 3.8) is 0 Å². The van der Waals surface area contributed by atoms with Gasteiger partial charge in [-0.2, -0.15) is 0 Å². The molecule has 0 aromatic heterocycles. The molecule has 0 aromatic carbocycles. The number of nitrogens with one attached hydrogen (secondary N) is 1. The second-order valence-corrected chi connectivity index (χ2v) is 17.1. The third-order valence-corrected chi connectivity index (χ3v) is 12.3. The van der Waals surface area contributed by atoms with E-state index in [0.717, 1.165) is 44.9 Å². The lowest BCUT2D eigenvalue weighted by atomic mass is 9.41. The Labute approximate surface area is 310 Å². The molecule has 0 aromatic rings. The SMILES string of the molecule is CCCC(O)C(CCC1OC(CO)C(O)C(O)C1O)NC(=O)CCCCCCCCCCCCCCCCCCCCCCCC12CC(F)(C1)C2. The quantitative estimate of drug-likeness (QED) is 0.0385. The third kappa shape index (κ3) is 16.2. The zero-order chi connectivity index (χ0) is 37.0. The Morgan fingerprint density at radius 3 is 1.55 bits per heavy atom. The van der Waals surface area contributed by atoms with Gasteiger partial charge in [-0.25, -0.2) is 4.39 Å². The molecule has 6 N–H and O–H groups in total. The van der Waals surface area contributed by atoms with Gasteiger partial charge in [0, 0.05) is 6.42 Å². The van der Waals surface area contributed by atoms with Crippen molar-refractivity contribution in [2.24, 2.45) is 5.41 Å². The van der Waals surface area contributed by atoms with Gasteiger partial charge >= 0.3 is 0 Å². The highest BCUT2D eigenvalue weighted by Crippen LogP contribution is 2.71. The van der Waals surface area contributed by atoms with Crippen LogP contribution in [0, 0.1) is 5.41 Å². The number of aliphatic hydroxyl groups excluding tert-OH is 5. The number of halogens is 1. The molecule has 1 saturated heterocycles. The minimum absolute atomic E-state index is 0.0869. The number of ether oxygens (including phenoxy) is 1. The lowest BCUT2D eigenvalue weighted by Crippen LogP contribution is -2.64. The number of unbranched alkanes of at least 4 members (excludes halogenated alkanes) is 20. The van der Waals surface area contributed by atoms with E-state index in [0.29, 0.717) is 24.7 Å². The van der Waals surface area contributed by atoms with Crippen molar-refractivity contribution in [2.75, 3.05) is 6.61 Å². The second-order valence-electron chi connectivity index (χ2n) is 17.1. The van der Waals surface area contributed by atoms with Crippen molar-refractivity contribution in [1.82, 2.24) is 5.32 Å². The Morgan fingerprint density at radius 2 is 1.12 bits per heavy atom. The van der Waals surface area contributed by atoms with Gasteiger partial charge in [0.1, 0.15) is 30.1 Å². The van der Waals surface area contributed by atoms with Gasteiger partial charge in [-0.1, -0.05) is 142 Å². The number of carbonyl (C=O) groups excluding carboxylic acids is 1. The fraction of sp³-hybridized carbons (Fsp3) is 0.976. The Hall–Kier alpha value is -0.840. The summed E-state index contributed by atoms with van der Waals surface area (Å²) in [6.45, 7) is 1.49. The zero-order valence-corrected chi connectivity index (χ0v) is 32.4. The number of rotatable bonds is 32. The standard InChI is InChI=1S/C42H78FNO7/c1-2-24-34(46)33(26-27-35-38(48)40(50)39(49)36(29-45)51-35)44-37(47)25-22-20-18-16-14-12-10-8-6-4-3-5-7-9-11-13-15-17-19-21-23-28-41-30-42(43,31-41)32-41/h33-36,38-40,45-46,48-50H,2-32H2,1H3,(H,44,47). The van der Waals surface area contributed by atoms with Gasteiger partial charge in [0.15, 0.2) is 0 Å². The largest absolute Gasteiger partial charge is 0.394 e. The molecule has 9 heteroatoms. The average Bonchev–Trinajstić information content (AvgIpc) is 3.08. The van der Waals surface area contributed by atoms with E-state index in [1.807, 2.05) is 6.92 Å². The van der Waals surface area contributed by atoms with Gasteiger partial charge in [-0.15, -0.1) is 0 Å². The van der Waals surface area contributed by atoms with Crippen LogP contribution in [0.3, 0.4) is 0 Å². The smallest absolute Gasteiger partial charge is 0.220 e. The minimum Gasteiger partial charge on any atom is -0.394 e. The molecule has 0 radical (unpaired) electrons. The summed E-state index contributed by atoms with van der Waals surface area (Å²) in [6.07, 6.45) is 26.9. The van der Waals surface area contributed by atoms with E-state index in [2.05, 4.69) is 5.32 Å². The lowest BCUT2D eigenvalue weighted by Gasteiger charge is -2.66. The summed E-state index contributed by atoms with van der Waals surface area (Å²) >= 11 is 0. The predicted molar refractivity (Wildman–Crippen MR) is 202 cm³/mol. The highest BCUT2D eigenvalue weighted by molar-refractivity contribution is 5.76. The summed E-state index contributed by atoms with van der Waals surface area (Å²) in [5.41, 5.74) is -0.270.